The maximum absolute atomic E-state index is 12.7. The number of nitriles is 1. The molecule has 2 N–H and O–H groups in total. The van der Waals surface area contributed by atoms with E-state index in [1.807, 2.05) is 13.1 Å². The number of aromatic nitrogens is 1. The van der Waals surface area contributed by atoms with Gasteiger partial charge in [-0.1, -0.05) is 19.8 Å². The molecule has 0 amide bonds. The quantitative estimate of drug-likeness (QED) is 0.136. The second-order valence-corrected chi connectivity index (χ2v) is 9.95. The fraction of sp³-hybridized carbons (Fsp3) is 0.682. The van der Waals surface area contributed by atoms with E-state index in [9.17, 15) is 8.42 Å². The first-order valence-corrected chi connectivity index (χ1v) is 13.3. The highest BCUT2D eigenvalue weighted by Gasteiger charge is 2.20. The summed E-state index contributed by atoms with van der Waals surface area (Å²) in [6.45, 7) is 7.83. The standard InChI is InChI=1S/C22H37N7O3S/c1-2-29(14-7-13-28-15-17-32-18-16-28)33(30,31)19-6-4-3-5-10-25-22(26-20-23)27-21-8-11-24-12-9-21/h8-9,11-12H,2-7,10,13-19H2,1H3,(H2,24,25,26,27). The molecule has 0 radical (unpaired) electrons. The van der Waals surface area contributed by atoms with Gasteiger partial charge < -0.3 is 10.1 Å². The van der Waals surface area contributed by atoms with E-state index in [0.717, 1.165) is 64.2 Å². The average Bonchev–Trinajstić information content (AvgIpc) is 2.82. The number of pyridine rings is 1. The van der Waals surface area contributed by atoms with Gasteiger partial charge in [-0.3, -0.25) is 20.2 Å². The number of rotatable bonds is 14. The molecule has 184 valence electrons. The van der Waals surface area contributed by atoms with Crippen molar-refractivity contribution < 1.29 is 13.2 Å². The molecule has 0 atom stereocenters. The third-order valence-electron chi connectivity index (χ3n) is 5.43. The van der Waals surface area contributed by atoms with E-state index in [4.69, 9.17) is 10.00 Å². The lowest BCUT2D eigenvalue weighted by molar-refractivity contribution is 0.0369. The SMILES string of the molecule is CCN(CCCN1CCOCC1)S(=O)(=O)CCCCCCN=C(NC#N)Nc1ccncc1. The van der Waals surface area contributed by atoms with Gasteiger partial charge in [-0.2, -0.15) is 5.26 Å². The highest BCUT2D eigenvalue weighted by Crippen LogP contribution is 2.09. The molecule has 2 rings (SSSR count). The Labute approximate surface area is 198 Å². The van der Waals surface area contributed by atoms with Gasteiger partial charge >= 0.3 is 0 Å². The summed E-state index contributed by atoms with van der Waals surface area (Å²) < 4.78 is 32.3. The zero-order valence-corrected chi connectivity index (χ0v) is 20.4. The normalized spacial score (nSPS) is 15.4. The molecule has 1 aliphatic rings. The fourth-order valence-electron chi connectivity index (χ4n) is 3.59. The van der Waals surface area contributed by atoms with E-state index in [2.05, 4.69) is 25.5 Å². The molecule has 0 aliphatic carbocycles. The minimum Gasteiger partial charge on any atom is -0.379 e. The van der Waals surface area contributed by atoms with Gasteiger partial charge in [-0.15, -0.1) is 0 Å². The van der Waals surface area contributed by atoms with Gasteiger partial charge in [0.05, 0.1) is 19.0 Å². The van der Waals surface area contributed by atoms with Crippen molar-refractivity contribution in [1.82, 2.24) is 19.5 Å². The molecule has 0 saturated carbocycles. The van der Waals surface area contributed by atoms with Crippen molar-refractivity contribution in [3.63, 3.8) is 0 Å². The molecule has 1 aromatic rings. The number of anilines is 1. The molecule has 0 bridgehead atoms. The van der Waals surface area contributed by atoms with Gasteiger partial charge in [0.2, 0.25) is 16.0 Å². The Morgan fingerprint density at radius 3 is 2.64 bits per heavy atom. The van der Waals surface area contributed by atoms with E-state index < -0.39 is 10.0 Å². The van der Waals surface area contributed by atoms with Crippen molar-refractivity contribution in [3.05, 3.63) is 24.5 Å². The number of ether oxygens (including phenoxy) is 1. The molecule has 0 spiro atoms. The minimum atomic E-state index is -3.22. The zero-order chi connectivity index (χ0) is 23.8. The zero-order valence-electron chi connectivity index (χ0n) is 19.6. The monoisotopic (exact) mass is 479 g/mol. The molecular formula is C22H37N7O3S. The van der Waals surface area contributed by atoms with Crippen molar-refractivity contribution in [2.45, 2.75) is 39.0 Å². The predicted molar refractivity (Wildman–Crippen MR) is 130 cm³/mol. The number of aliphatic imine (C=N–C) groups is 1. The number of unbranched alkanes of at least 4 members (excludes halogenated alkanes) is 3. The van der Waals surface area contributed by atoms with Gasteiger partial charge in [0.1, 0.15) is 0 Å². The Balaban J connectivity index is 1.63. The van der Waals surface area contributed by atoms with Crippen molar-refractivity contribution in [1.29, 1.82) is 5.26 Å². The molecule has 10 nitrogen and oxygen atoms in total. The van der Waals surface area contributed by atoms with Crippen LogP contribution in [-0.4, -0.2) is 86.8 Å². The predicted octanol–water partition coefficient (Wildman–Crippen LogP) is 1.85. The molecule has 2 heterocycles. The summed E-state index contributed by atoms with van der Waals surface area (Å²) in [7, 11) is -3.22. The summed E-state index contributed by atoms with van der Waals surface area (Å²) >= 11 is 0. The summed E-state index contributed by atoms with van der Waals surface area (Å²) in [5, 5.41) is 14.5. The van der Waals surface area contributed by atoms with Crippen LogP contribution in [0.4, 0.5) is 5.69 Å². The summed E-state index contributed by atoms with van der Waals surface area (Å²) in [5.74, 6) is 0.578. The number of hydrogen-bond acceptors (Lipinski definition) is 7. The number of morpholine rings is 1. The third kappa shape index (κ3) is 10.9. The van der Waals surface area contributed by atoms with Crippen LogP contribution in [0, 0.1) is 11.5 Å². The summed E-state index contributed by atoms with van der Waals surface area (Å²) in [6.07, 6.45) is 9.22. The van der Waals surface area contributed by atoms with Crippen LogP contribution in [0.25, 0.3) is 0 Å². The van der Waals surface area contributed by atoms with Gasteiger partial charge in [0, 0.05) is 50.8 Å². The Morgan fingerprint density at radius 2 is 1.94 bits per heavy atom. The summed E-state index contributed by atoms with van der Waals surface area (Å²) in [5.41, 5.74) is 0.794. The third-order valence-corrected chi connectivity index (χ3v) is 7.46. The fourth-order valence-corrected chi connectivity index (χ4v) is 5.22. The van der Waals surface area contributed by atoms with E-state index >= 15 is 0 Å². The Morgan fingerprint density at radius 1 is 1.21 bits per heavy atom. The van der Waals surface area contributed by atoms with Crippen LogP contribution in [0.15, 0.2) is 29.5 Å². The average molecular weight is 480 g/mol. The second-order valence-electron chi connectivity index (χ2n) is 7.86. The van der Waals surface area contributed by atoms with Gasteiger partial charge in [-0.25, -0.2) is 12.7 Å². The largest absolute Gasteiger partial charge is 0.379 e. The van der Waals surface area contributed by atoms with E-state index in [-0.39, 0.29) is 5.75 Å². The maximum atomic E-state index is 12.7. The van der Waals surface area contributed by atoms with Crippen molar-refractivity contribution in [3.8, 4) is 6.19 Å². The van der Waals surface area contributed by atoms with E-state index in [1.54, 1.807) is 28.8 Å². The smallest absolute Gasteiger partial charge is 0.214 e. The molecule has 0 aromatic carbocycles. The van der Waals surface area contributed by atoms with Crippen molar-refractivity contribution in [2.24, 2.45) is 4.99 Å². The lowest BCUT2D eigenvalue weighted by Gasteiger charge is -2.27. The molecule has 1 aliphatic heterocycles. The number of nitrogens with one attached hydrogen (secondary N) is 2. The lowest BCUT2D eigenvalue weighted by atomic mass is 10.2. The van der Waals surface area contributed by atoms with Crippen LogP contribution in [-0.2, 0) is 14.8 Å². The van der Waals surface area contributed by atoms with Crippen LogP contribution in [0.1, 0.15) is 39.0 Å². The molecule has 1 aromatic heterocycles. The summed E-state index contributed by atoms with van der Waals surface area (Å²) in [6, 6.07) is 3.58. The first-order chi connectivity index (χ1) is 16.0. The highest BCUT2D eigenvalue weighted by molar-refractivity contribution is 7.89. The lowest BCUT2D eigenvalue weighted by Crippen LogP contribution is -2.39. The number of hydrogen-bond donors (Lipinski definition) is 2. The summed E-state index contributed by atoms with van der Waals surface area (Å²) in [4.78, 5) is 10.7. The number of nitrogens with zero attached hydrogens (tertiary/aromatic N) is 5. The maximum Gasteiger partial charge on any atom is 0.214 e. The van der Waals surface area contributed by atoms with E-state index in [0.29, 0.717) is 32.0 Å². The second kappa shape index (κ2) is 15.6. The molecule has 0 unspecified atom stereocenters. The van der Waals surface area contributed by atoms with Crippen molar-refractivity contribution >= 4 is 21.7 Å². The topological polar surface area (TPSA) is 123 Å². The van der Waals surface area contributed by atoms with Gasteiger partial charge in [0.25, 0.3) is 0 Å². The molecule has 33 heavy (non-hydrogen) atoms. The highest BCUT2D eigenvalue weighted by atomic mass is 32.2. The van der Waals surface area contributed by atoms with Crippen molar-refractivity contribution in [2.75, 3.05) is 63.6 Å². The van der Waals surface area contributed by atoms with E-state index in [1.165, 1.54) is 0 Å². The Bertz CT molecular complexity index is 837. The van der Waals surface area contributed by atoms with Crippen LogP contribution in [0.5, 0.6) is 0 Å². The first kappa shape index (κ1) is 27.0. The molecule has 1 fully saturated rings. The molecule has 1 saturated heterocycles. The van der Waals surface area contributed by atoms with Crippen LogP contribution in [0.3, 0.4) is 0 Å². The number of guanidine groups is 1. The van der Waals surface area contributed by atoms with Crippen LogP contribution < -0.4 is 10.6 Å². The Hall–Kier alpha value is -2.26. The molecular weight excluding hydrogens is 442 g/mol. The van der Waals surface area contributed by atoms with Gasteiger partial charge in [0.15, 0.2) is 6.19 Å². The number of sulfonamides is 1. The Kier molecular flexibility index (Phi) is 12.7. The van der Waals surface area contributed by atoms with Crippen LogP contribution in [0.2, 0.25) is 0 Å². The first-order valence-electron chi connectivity index (χ1n) is 11.7. The van der Waals surface area contributed by atoms with Gasteiger partial charge in [-0.05, 0) is 37.9 Å². The van der Waals surface area contributed by atoms with Crippen LogP contribution >= 0.6 is 0 Å². The minimum absolute atomic E-state index is 0.187. The molecule has 11 heteroatoms.